The van der Waals surface area contributed by atoms with Gasteiger partial charge < -0.3 is 0 Å². The zero-order valence-corrected chi connectivity index (χ0v) is 11.1. The molecule has 0 bridgehead atoms. The van der Waals surface area contributed by atoms with Crippen molar-refractivity contribution >= 4 is 9.84 Å². The van der Waals surface area contributed by atoms with Crippen molar-refractivity contribution in [2.75, 3.05) is 0 Å². The van der Waals surface area contributed by atoms with Gasteiger partial charge in [0.05, 0.1) is 23.1 Å². The summed E-state index contributed by atoms with van der Waals surface area (Å²) < 4.78 is 24.2. The second kappa shape index (κ2) is 5.68. The van der Waals surface area contributed by atoms with Crippen molar-refractivity contribution in [3.63, 3.8) is 0 Å². The van der Waals surface area contributed by atoms with Crippen LogP contribution in [0.15, 0.2) is 54.6 Å². The number of benzene rings is 2. The summed E-state index contributed by atoms with van der Waals surface area (Å²) in [6, 6.07) is 17.8. The summed E-state index contributed by atoms with van der Waals surface area (Å²) in [5, 5.41) is 8.80. The monoisotopic (exact) mass is 271 g/mol. The van der Waals surface area contributed by atoms with Gasteiger partial charge in [-0.3, -0.25) is 0 Å². The molecule has 0 aliphatic carbocycles. The Morgan fingerprint density at radius 1 is 0.895 bits per heavy atom. The fourth-order valence-electron chi connectivity index (χ4n) is 1.86. The van der Waals surface area contributed by atoms with Gasteiger partial charge in [0.2, 0.25) is 0 Å². The standard InChI is InChI=1S/C15H13NO2S/c16-10-14-7-4-8-15(9-14)12-19(17,18)11-13-5-2-1-3-6-13/h1-9H,11-12H2. The second-order valence-corrected chi connectivity index (χ2v) is 6.39. The lowest BCUT2D eigenvalue weighted by molar-refractivity contribution is 0.594. The summed E-state index contributed by atoms with van der Waals surface area (Å²) in [5.41, 5.74) is 1.90. The van der Waals surface area contributed by atoms with E-state index >= 15 is 0 Å². The quantitative estimate of drug-likeness (QED) is 0.859. The van der Waals surface area contributed by atoms with Crippen molar-refractivity contribution in [3.8, 4) is 6.07 Å². The van der Waals surface area contributed by atoms with Crippen molar-refractivity contribution in [2.45, 2.75) is 11.5 Å². The zero-order valence-electron chi connectivity index (χ0n) is 10.3. The van der Waals surface area contributed by atoms with Gasteiger partial charge in [-0.25, -0.2) is 8.42 Å². The van der Waals surface area contributed by atoms with Crippen molar-refractivity contribution < 1.29 is 8.42 Å². The number of hydrogen-bond donors (Lipinski definition) is 0. The maximum absolute atomic E-state index is 12.1. The average Bonchev–Trinajstić information content (AvgIpc) is 2.39. The molecule has 0 saturated carbocycles. The van der Waals surface area contributed by atoms with Gasteiger partial charge in [-0.15, -0.1) is 0 Å². The van der Waals surface area contributed by atoms with Crippen molar-refractivity contribution in [1.29, 1.82) is 5.26 Å². The first-order valence-corrected chi connectivity index (χ1v) is 7.64. The van der Waals surface area contributed by atoms with Crippen molar-refractivity contribution in [2.24, 2.45) is 0 Å². The van der Waals surface area contributed by atoms with Crippen LogP contribution in [0.25, 0.3) is 0 Å². The van der Waals surface area contributed by atoms with E-state index in [0.29, 0.717) is 11.1 Å². The molecule has 4 heteroatoms. The third-order valence-corrected chi connectivity index (χ3v) is 4.22. The van der Waals surface area contributed by atoms with Gasteiger partial charge in [0, 0.05) is 0 Å². The number of nitrogens with zero attached hydrogens (tertiary/aromatic N) is 1. The SMILES string of the molecule is N#Cc1cccc(CS(=O)(=O)Cc2ccccc2)c1. The van der Waals surface area contributed by atoms with Crippen molar-refractivity contribution in [1.82, 2.24) is 0 Å². The van der Waals surface area contributed by atoms with E-state index in [2.05, 4.69) is 0 Å². The topological polar surface area (TPSA) is 57.9 Å². The Kier molecular flexibility index (Phi) is 3.98. The molecule has 0 saturated heterocycles. The molecule has 2 aromatic rings. The minimum atomic E-state index is -3.22. The van der Waals surface area contributed by atoms with Gasteiger partial charge in [-0.1, -0.05) is 42.5 Å². The van der Waals surface area contributed by atoms with Gasteiger partial charge in [0.25, 0.3) is 0 Å². The molecular formula is C15H13NO2S. The Morgan fingerprint density at radius 3 is 2.21 bits per heavy atom. The normalized spacial score (nSPS) is 10.9. The molecule has 0 unspecified atom stereocenters. The Balaban J connectivity index is 2.15. The maximum Gasteiger partial charge on any atom is 0.158 e. The number of hydrogen-bond acceptors (Lipinski definition) is 3. The van der Waals surface area contributed by atoms with Crippen LogP contribution in [0.3, 0.4) is 0 Å². The maximum atomic E-state index is 12.1. The van der Waals surface area contributed by atoms with Crippen LogP contribution in [0.2, 0.25) is 0 Å². The Hall–Kier alpha value is -2.12. The Morgan fingerprint density at radius 2 is 1.53 bits per heavy atom. The van der Waals surface area contributed by atoms with Crippen molar-refractivity contribution in [3.05, 3.63) is 71.3 Å². The lowest BCUT2D eigenvalue weighted by Gasteiger charge is -2.05. The Bertz CT molecular complexity index is 700. The molecule has 0 N–H and O–H groups in total. The highest BCUT2D eigenvalue weighted by Gasteiger charge is 2.13. The molecule has 3 nitrogen and oxygen atoms in total. The third-order valence-electron chi connectivity index (χ3n) is 2.67. The molecular weight excluding hydrogens is 258 g/mol. The smallest absolute Gasteiger partial charge is 0.158 e. The highest BCUT2D eigenvalue weighted by molar-refractivity contribution is 7.89. The van der Waals surface area contributed by atoms with Crippen LogP contribution in [0, 0.1) is 11.3 Å². The van der Waals surface area contributed by atoms with E-state index in [1.54, 1.807) is 36.4 Å². The minimum absolute atomic E-state index is 0.0185. The van der Waals surface area contributed by atoms with Gasteiger partial charge in [0.1, 0.15) is 0 Å². The summed E-state index contributed by atoms with van der Waals surface area (Å²) in [5.74, 6) is -0.0258. The van der Waals surface area contributed by atoms with E-state index in [-0.39, 0.29) is 11.5 Å². The van der Waals surface area contributed by atoms with Gasteiger partial charge in [-0.05, 0) is 23.3 Å². The predicted octanol–water partition coefficient (Wildman–Crippen LogP) is 2.67. The minimum Gasteiger partial charge on any atom is -0.228 e. The van der Waals surface area contributed by atoms with Crippen LogP contribution in [0.5, 0.6) is 0 Å². The van der Waals surface area contributed by atoms with E-state index in [4.69, 9.17) is 5.26 Å². The molecule has 0 aliphatic rings. The van der Waals surface area contributed by atoms with E-state index in [9.17, 15) is 8.42 Å². The first kappa shape index (κ1) is 13.3. The molecule has 0 fully saturated rings. The zero-order chi connectivity index (χ0) is 13.7. The number of sulfone groups is 1. The summed E-state index contributed by atoms with van der Waals surface area (Å²) in [6.07, 6.45) is 0. The summed E-state index contributed by atoms with van der Waals surface area (Å²) in [6.45, 7) is 0. The van der Waals surface area contributed by atoms with Crippen LogP contribution in [0.4, 0.5) is 0 Å². The van der Waals surface area contributed by atoms with E-state index in [1.807, 2.05) is 24.3 Å². The fourth-order valence-corrected chi connectivity index (χ4v) is 3.35. The molecule has 0 amide bonds. The molecule has 0 aromatic heterocycles. The number of nitriles is 1. The molecule has 0 atom stereocenters. The van der Waals surface area contributed by atoms with Crippen LogP contribution in [-0.4, -0.2) is 8.42 Å². The second-order valence-electron chi connectivity index (χ2n) is 4.33. The predicted molar refractivity (Wildman–Crippen MR) is 73.9 cm³/mol. The van der Waals surface area contributed by atoms with Gasteiger partial charge in [0.15, 0.2) is 9.84 Å². The molecule has 2 rings (SSSR count). The van der Waals surface area contributed by atoms with E-state index in [1.165, 1.54) is 0 Å². The summed E-state index contributed by atoms with van der Waals surface area (Å²) in [7, 11) is -3.22. The number of rotatable bonds is 4. The van der Waals surface area contributed by atoms with Crippen LogP contribution >= 0.6 is 0 Å². The molecule has 0 radical (unpaired) electrons. The Labute approximate surface area is 113 Å². The molecule has 0 heterocycles. The third kappa shape index (κ3) is 3.94. The molecule has 0 aliphatic heterocycles. The van der Waals surface area contributed by atoms with Gasteiger partial charge in [-0.2, -0.15) is 5.26 Å². The first-order chi connectivity index (χ1) is 9.09. The molecule has 96 valence electrons. The van der Waals surface area contributed by atoms with Crippen LogP contribution in [-0.2, 0) is 21.3 Å². The first-order valence-electron chi connectivity index (χ1n) is 5.82. The van der Waals surface area contributed by atoms with Gasteiger partial charge >= 0.3 is 0 Å². The molecule has 2 aromatic carbocycles. The van der Waals surface area contributed by atoms with E-state index < -0.39 is 9.84 Å². The fraction of sp³-hybridized carbons (Fsp3) is 0.133. The highest BCUT2D eigenvalue weighted by atomic mass is 32.2. The lowest BCUT2D eigenvalue weighted by atomic mass is 10.2. The summed E-state index contributed by atoms with van der Waals surface area (Å²) in [4.78, 5) is 0. The van der Waals surface area contributed by atoms with Crippen LogP contribution < -0.4 is 0 Å². The van der Waals surface area contributed by atoms with Crippen LogP contribution in [0.1, 0.15) is 16.7 Å². The molecule has 19 heavy (non-hydrogen) atoms. The van der Waals surface area contributed by atoms with E-state index in [0.717, 1.165) is 5.56 Å². The molecule has 0 spiro atoms. The summed E-state index contributed by atoms with van der Waals surface area (Å²) >= 11 is 0. The lowest BCUT2D eigenvalue weighted by Crippen LogP contribution is -2.07. The highest BCUT2D eigenvalue weighted by Crippen LogP contribution is 2.13. The average molecular weight is 271 g/mol. The largest absolute Gasteiger partial charge is 0.228 e.